The van der Waals surface area contributed by atoms with Crippen LogP contribution in [0.1, 0.15) is 10.4 Å². The summed E-state index contributed by atoms with van der Waals surface area (Å²) in [6.45, 7) is 0. The lowest BCUT2D eigenvalue weighted by atomic mass is 10.1. The number of benzene rings is 3. The molecule has 8 nitrogen and oxygen atoms in total. The first-order valence-corrected chi connectivity index (χ1v) is 10.6. The highest BCUT2D eigenvalue weighted by Crippen LogP contribution is 2.26. The Morgan fingerprint density at radius 1 is 0.969 bits per heavy atom. The van der Waals surface area contributed by atoms with Gasteiger partial charge in [0, 0.05) is 22.7 Å². The van der Waals surface area contributed by atoms with Gasteiger partial charge in [-0.05, 0) is 60.2 Å². The normalized spacial score (nSPS) is 11.3. The van der Waals surface area contributed by atoms with Gasteiger partial charge < -0.3 is 13.9 Å². The Morgan fingerprint density at radius 3 is 2.31 bits per heavy atom. The molecular weight excluding hydrogens is 439 g/mol. The van der Waals surface area contributed by atoms with E-state index in [1.54, 1.807) is 30.3 Å². The lowest BCUT2D eigenvalue weighted by Crippen LogP contribution is -2.18. The summed E-state index contributed by atoms with van der Waals surface area (Å²) in [5, 5.41) is 8.07. The molecule has 0 saturated heterocycles. The minimum Gasteiger partial charge on any atom is -0.422 e. The van der Waals surface area contributed by atoms with Gasteiger partial charge in [-0.2, -0.15) is 13.6 Å². The van der Waals surface area contributed by atoms with Gasteiger partial charge in [-0.15, -0.1) is 0 Å². The lowest BCUT2D eigenvalue weighted by molar-refractivity contribution is 0.102. The number of carbonyl (C=O) groups excluding carboxylic acids is 1. The van der Waals surface area contributed by atoms with Crippen LogP contribution >= 0.6 is 0 Å². The molecular formula is C22H15FN2O6S. The first-order chi connectivity index (χ1) is 15.2. The van der Waals surface area contributed by atoms with Crippen LogP contribution in [0.3, 0.4) is 0 Å². The van der Waals surface area contributed by atoms with Crippen molar-refractivity contribution >= 4 is 32.9 Å². The van der Waals surface area contributed by atoms with Crippen molar-refractivity contribution in [2.45, 2.75) is 0 Å². The molecule has 0 radical (unpaired) electrons. The number of halogens is 1. The average Bonchev–Trinajstić information content (AvgIpc) is 2.73. The maximum absolute atomic E-state index is 13.0. The molecule has 0 aliphatic heterocycles. The molecule has 0 atom stereocenters. The topological polar surface area (TPSA) is 129 Å². The van der Waals surface area contributed by atoms with Gasteiger partial charge in [-0.3, -0.25) is 4.79 Å². The third kappa shape index (κ3) is 4.82. The molecule has 0 fully saturated rings. The zero-order valence-corrected chi connectivity index (χ0v) is 17.1. The summed E-state index contributed by atoms with van der Waals surface area (Å²) in [5.74, 6) is -0.925. The van der Waals surface area contributed by atoms with E-state index in [2.05, 4.69) is 9.50 Å². The average molecular weight is 454 g/mol. The van der Waals surface area contributed by atoms with Gasteiger partial charge in [0.1, 0.15) is 17.1 Å². The zero-order valence-electron chi connectivity index (χ0n) is 16.2. The van der Waals surface area contributed by atoms with Crippen LogP contribution in [0.15, 0.2) is 82.0 Å². The maximum Gasteiger partial charge on any atom is 0.380 e. The molecule has 3 N–H and O–H groups in total. The number of hydrogen-bond donors (Lipinski definition) is 2. The Balaban J connectivity index is 1.58. The molecule has 1 amide bonds. The minimum atomic E-state index is -4.21. The SMILES string of the molecule is NS(=O)(=O)Oc1ccc2cc(-c3ccc(NC(=O)c4ccc(F)cc4)cc3)c(=O)oc2c1. The second-order valence-corrected chi connectivity index (χ2v) is 7.91. The minimum absolute atomic E-state index is 0.0860. The van der Waals surface area contributed by atoms with Gasteiger partial charge in [0.2, 0.25) is 0 Å². The second kappa shape index (κ2) is 8.25. The molecule has 1 aromatic heterocycles. The molecule has 0 unspecified atom stereocenters. The van der Waals surface area contributed by atoms with E-state index in [4.69, 9.17) is 9.56 Å². The molecule has 4 rings (SSSR count). The van der Waals surface area contributed by atoms with Crippen molar-refractivity contribution in [1.29, 1.82) is 0 Å². The number of carbonyl (C=O) groups is 1. The van der Waals surface area contributed by atoms with Gasteiger partial charge in [0.05, 0.1) is 5.56 Å². The maximum atomic E-state index is 13.0. The Kier molecular flexibility index (Phi) is 5.47. The van der Waals surface area contributed by atoms with Gasteiger partial charge >= 0.3 is 15.9 Å². The van der Waals surface area contributed by atoms with Crippen LogP contribution in [-0.4, -0.2) is 14.3 Å². The van der Waals surface area contributed by atoms with Crippen molar-refractivity contribution in [1.82, 2.24) is 0 Å². The largest absolute Gasteiger partial charge is 0.422 e. The fourth-order valence-electron chi connectivity index (χ4n) is 3.02. The summed E-state index contributed by atoms with van der Waals surface area (Å²) in [6.07, 6.45) is 0. The summed E-state index contributed by atoms with van der Waals surface area (Å²) in [7, 11) is -4.21. The third-order valence-corrected chi connectivity index (χ3v) is 4.90. The Hall–Kier alpha value is -4.02. The first-order valence-electron chi connectivity index (χ1n) is 9.15. The van der Waals surface area contributed by atoms with E-state index >= 15 is 0 Å². The molecule has 0 saturated carbocycles. The standard InChI is InChI=1S/C22H15FN2O6S/c23-16-6-1-14(2-7-16)21(26)25-17-8-3-13(4-9-17)19-11-15-5-10-18(31-32(24,28)29)12-20(15)30-22(19)27/h1-12H,(H,25,26)(H2,24,28,29). The number of nitrogens with one attached hydrogen (secondary N) is 1. The third-order valence-electron chi connectivity index (χ3n) is 4.48. The number of anilines is 1. The van der Waals surface area contributed by atoms with Crippen LogP contribution < -0.4 is 20.3 Å². The Bertz CT molecular complexity index is 1480. The highest BCUT2D eigenvalue weighted by Gasteiger charge is 2.12. The highest BCUT2D eigenvalue weighted by molar-refractivity contribution is 7.84. The van der Waals surface area contributed by atoms with Crippen molar-refractivity contribution in [3.8, 4) is 16.9 Å². The number of nitrogens with two attached hydrogens (primary N) is 1. The fourth-order valence-corrected chi connectivity index (χ4v) is 3.39. The predicted molar refractivity (Wildman–Crippen MR) is 116 cm³/mol. The van der Waals surface area contributed by atoms with Crippen LogP contribution in [0.4, 0.5) is 10.1 Å². The predicted octanol–water partition coefficient (Wildman–Crippen LogP) is 3.43. The molecule has 3 aromatic carbocycles. The first kappa shape index (κ1) is 21.2. The Morgan fingerprint density at radius 2 is 1.66 bits per heavy atom. The molecule has 32 heavy (non-hydrogen) atoms. The van der Waals surface area contributed by atoms with Crippen LogP contribution in [0.5, 0.6) is 5.75 Å². The van der Waals surface area contributed by atoms with Crippen molar-refractivity contribution in [2.75, 3.05) is 5.32 Å². The van der Waals surface area contributed by atoms with Gasteiger partial charge in [0.25, 0.3) is 5.91 Å². The number of amides is 1. The van der Waals surface area contributed by atoms with E-state index in [0.29, 0.717) is 22.2 Å². The molecule has 0 bridgehead atoms. The van der Waals surface area contributed by atoms with Gasteiger partial charge in [-0.1, -0.05) is 12.1 Å². The van der Waals surface area contributed by atoms with Crippen LogP contribution in [0.2, 0.25) is 0 Å². The van der Waals surface area contributed by atoms with E-state index in [1.807, 2.05) is 0 Å². The summed E-state index contributed by atoms with van der Waals surface area (Å²) in [4.78, 5) is 24.7. The second-order valence-electron chi connectivity index (χ2n) is 6.76. The summed E-state index contributed by atoms with van der Waals surface area (Å²) in [6, 6.07) is 17.4. The smallest absolute Gasteiger partial charge is 0.380 e. The van der Waals surface area contributed by atoms with E-state index in [0.717, 1.165) is 0 Å². The van der Waals surface area contributed by atoms with Crippen molar-refractivity contribution < 1.29 is 26.2 Å². The van der Waals surface area contributed by atoms with E-state index in [9.17, 15) is 22.4 Å². The highest BCUT2D eigenvalue weighted by atomic mass is 32.2. The molecule has 10 heteroatoms. The molecule has 0 aliphatic rings. The van der Waals surface area contributed by atoms with E-state index in [-0.39, 0.29) is 16.9 Å². The quantitative estimate of drug-likeness (QED) is 0.445. The molecule has 162 valence electrons. The molecule has 4 aromatic rings. The fraction of sp³-hybridized carbons (Fsp3) is 0. The monoisotopic (exact) mass is 454 g/mol. The van der Waals surface area contributed by atoms with E-state index < -0.39 is 27.7 Å². The van der Waals surface area contributed by atoms with Crippen LogP contribution in [0, 0.1) is 5.82 Å². The molecule has 0 spiro atoms. The number of rotatable bonds is 5. The summed E-state index contributed by atoms with van der Waals surface area (Å²) in [5.41, 5.74) is 1.09. The van der Waals surface area contributed by atoms with Gasteiger partial charge in [0.15, 0.2) is 0 Å². The van der Waals surface area contributed by atoms with Crippen LogP contribution in [0.25, 0.3) is 22.1 Å². The number of fused-ring (bicyclic) bond motifs is 1. The van der Waals surface area contributed by atoms with Crippen LogP contribution in [-0.2, 0) is 10.3 Å². The number of hydrogen-bond acceptors (Lipinski definition) is 6. The summed E-state index contributed by atoms with van der Waals surface area (Å²) < 4.78 is 45.0. The zero-order chi connectivity index (χ0) is 22.9. The van der Waals surface area contributed by atoms with Crippen molar-refractivity contribution in [2.24, 2.45) is 5.14 Å². The summed E-state index contributed by atoms with van der Waals surface area (Å²) >= 11 is 0. The van der Waals surface area contributed by atoms with Crippen molar-refractivity contribution in [3.05, 3.63) is 94.6 Å². The molecule has 0 aliphatic carbocycles. The van der Waals surface area contributed by atoms with E-state index in [1.165, 1.54) is 42.5 Å². The molecule has 1 heterocycles. The van der Waals surface area contributed by atoms with Crippen molar-refractivity contribution in [3.63, 3.8) is 0 Å². The van der Waals surface area contributed by atoms with Gasteiger partial charge in [-0.25, -0.2) is 9.18 Å². The lowest BCUT2D eigenvalue weighted by Gasteiger charge is -2.08. The Labute approximate surface area is 181 Å².